The van der Waals surface area contributed by atoms with Crippen LogP contribution in [-0.2, 0) is 33.6 Å². The number of carboxylic acid groups (broad SMARTS) is 1. The van der Waals surface area contributed by atoms with Crippen molar-refractivity contribution in [3.05, 3.63) is 44.5 Å². The molecule has 0 bridgehead atoms. The number of urea groups is 1. The van der Waals surface area contributed by atoms with Gasteiger partial charge in [-0.05, 0) is 64.0 Å². The highest BCUT2D eigenvalue weighted by Crippen LogP contribution is 2.37. The molecule has 2 atom stereocenters. The highest BCUT2D eigenvalue weighted by atomic mass is 16.4. The maximum atomic E-state index is 13.1. The molecule has 226 valence electrons. The molecule has 4 rings (SSSR count). The number of nitrogens with one attached hydrogen (secondary N) is 3. The van der Waals surface area contributed by atoms with E-state index in [-0.39, 0.29) is 37.8 Å². The Bertz CT molecular complexity index is 1590. The summed E-state index contributed by atoms with van der Waals surface area (Å²) >= 11 is 0. The third kappa shape index (κ3) is 6.58. The van der Waals surface area contributed by atoms with E-state index in [1.165, 1.54) is 5.56 Å². The SMILES string of the molecule is CCCC(NC(=O)Cc1c(C)c2cc3c4c(oc3c(C)c2oc1=O)CCCC4)C(=O)NC(CCCNC(N)=O)C(=O)O. The number of benzene rings is 1. The van der Waals surface area contributed by atoms with Gasteiger partial charge in [-0.3, -0.25) is 9.59 Å². The normalized spacial score (nSPS) is 14.3. The molecule has 3 aromatic rings. The summed E-state index contributed by atoms with van der Waals surface area (Å²) in [5.41, 5.74) is 8.26. The van der Waals surface area contributed by atoms with Crippen molar-refractivity contribution < 1.29 is 33.1 Å². The first-order valence-corrected chi connectivity index (χ1v) is 14.4. The summed E-state index contributed by atoms with van der Waals surface area (Å²) in [5.74, 6) is -1.47. The third-order valence-corrected chi connectivity index (χ3v) is 7.87. The minimum Gasteiger partial charge on any atom is -0.480 e. The molecule has 0 saturated carbocycles. The molecule has 2 heterocycles. The van der Waals surface area contributed by atoms with E-state index < -0.39 is 41.5 Å². The first-order valence-electron chi connectivity index (χ1n) is 14.4. The smallest absolute Gasteiger partial charge is 0.340 e. The van der Waals surface area contributed by atoms with E-state index in [0.29, 0.717) is 17.6 Å². The number of nitrogens with two attached hydrogens (primary N) is 1. The lowest BCUT2D eigenvalue weighted by atomic mass is 9.93. The average molecular weight is 583 g/mol. The van der Waals surface area contributed by atoms with E-state index >= 15 is 0 Å². The van der Waals surface area contributed by atoms with E-state index in [1.807, 2.05) is 19.9 Å². The van der Waals surface area contributed by atoms with Gasteiger partial charge in [-0.15, -0.1) is 0 Å². The van der Waals surface area contributed by atoms with Crippen molar-refractivity contribution in [1.82, 2.24) is 16.0 Å². The number of carbonyl (C=O) groups excluding carboxylic acids is 3. The maximum Gasteiger partial charge on any atom is 0.340 e. The molecule has 2 aromatic heterocycles. The van der Waals surface area contributed by atoms with Crippen molar-refractivity contribution in [2.24, 2.45) is 5.73 Å². The molecule has 4 amide bonds. The van der Waals surface area contributed by atoms with Crippen LogP contribution in [0.3, 0.4) is 0 Å². The highest BCUT2D eigenvalue weighted by molar-refractivity contribution is 6.00. The average Bonchev–Trinajstić information content (AvgIpc) is 3.32. The van der Waals surface area contributed by atoms with Crippen LogP contribution in [0.4, 0.5) is 4.79 Å². The molecule has 0 fully saturated rings. The number of carbonyl (C=O) groups is 4. The fourth-order valence-electron chi connectivity index (χ4n) is 5.63. The minimum absolute atomic E-state index is 0.0536. The van der Waals surface area contributed by atoms with Gasteiger partial charge < -0.3 is 35.6 Å². The number of hydrogen-bond acceptors (Lipinski definition) is 7. The molecule has 0 aliphatic heterocycles. The predicted molar refractivity (Wildman–Crippen MR) is 155 cm³/mol. The molecule has 0 saturated heterocycles. The lowest BCUT2D eigenvalue weighted by Gasteiger charge is -2.21. The zero-order valence-electron chi connectivity index (χ0n) is 24.2. The van der Waals surface area contributed by atoms with Gasteiger partial charge >= 0.3 is 17.6 Å². The molecule has 6 N–H and O–H groups in total. The van der Waals surface area contributed by atoms with Crippen molar-refractivity contribution in [2.75, 3.05) is 6.54 Å². The van der Waals surface area contributed by atoms with Crippen molar-refractivity contribution in [1.29, 1.82) is 0 Å². The van der Waals surface area contributed by atoms with Gasteiger partial charge in [0.05, 0.1) is 12.0 Å². The number of rotatable bonds is 12. The fourth-order valence-corrected chi connectivity index (χ4v) is 5.63. The van der Waals surface area contributed by atoms with Crippen molar-refractivity contribution >= 4 is 45.8 Å². The van der Waals surface area contributed by atoms with Gasteiger partial charge in [0.2, 0.25) is 11.8 Å². The zero-order valence-corrected chi connectivity index (χ0v) is 24.2. The molecule has 2 unspecified atom stereocenters. The highest BCUT2D eigenvalue weighted by Gasteiger charge is 2.27. The quantitative estimate of drug-likeness (QED) is 0.159. The Kier molecular flexibility index (Phi) is 9.54. The van der Waals surface area contributed by atoms with Crippen LogP contribution in [0.15, 0.2) is 19.7 Å². The fraction of sp³-hybridized carbons (Fsp3) is 0.500. The largest absolute Gasteiger partial charge is 0.480 e. The number of aliphatic carboxylic acids is 1. The summed E-state index contributed by atoms with van der Waals surface area (Å²) in [6.45, 7) is 5.63. The lowest BCUT2D eigenvalue weighted by molar-refractivity contribution is -0.142. The van der Waals surface area contributed by atoms with Crippen molar-refractivity contribution in [3.63, 3.8) is 0 Å². The molecule has 12 nitrogen and oxygen atoms in total. The Morgan fingerprint density at radius 2 is 1.69 bits per heavy atom. The molecular weight excluding hydrogens is 544 g/mol. The van der Waals surface area contributed by atoms with E-state index in [2.05, 4.69) is 16.0 Å². The third-order valence-electron chi connectivity index (χ3n) is 7.87. The summed E-state index contributed by atoms with van der Waals surface area (Å²) in [5, 5.41) is 18.8. The van der Waals surface area contributed by atoms with Crippen LogP contribution in [0, 0.1) is 13.8 Å². The molecule has 0 radical (unpaired) electrons. The number of fused-ring (bicyclic) bond motifs is 4. The summed E-state index contributed by atoms with van der Waals surface area (Å²) in [4.78, 5) is 61.6. The van der Waals surface area contributed by atoms with Crippen molar-refractivity contribution in [3.8, 4) is 0 Å². The Morgan fingerprint density at radius 3 is 2.38 bits per heavy atom. The Balaban J connectivity index is 1.52. The van der Waals surface area contributed by atoms with Crippen LogP contribution < -0.4 is 27.3 Å². The topological polar surface area (TPSA) is 194 Å². The minimum atomic E-state index is -1.24. The first-order chi connectivity index (χ1) is 20.0. The van der Waals surface area contributed by atoms with Crippen molar-refractivity contribution in [2.45, 2.75) is 90.6 Å². The van der Waals surface area contributed by atoms with Crippen LogP contribution in [0.1, 0.15) is 73.5 Å². The lowest BCUT2D eigenvalue weighted by Crippen LogP contribution is -2.52. The Hall–Kier alpha value is -4.35. The second-order valence-corrected chi connectivity index (χ2v) is 10.9. The molecule has 1 aliphatic rings. The van der Waals surface area contributed by atoms with E-state index in [0.717, 1.165) is 53.4 Å². The van der Waals surface area contributed by atoms with Gasteiger partial charge in [0.15, 0.2) is 0 Å². The Labute approximate surface area is 242 Å². The summed E-state index contributed by atoms with van der Waals surface area (Å²) < 4.78 is 11.9. The van der Waals surface area contributed by atoms with E-state index in [1.54, 1.807) is 6.92 Å². The predicted octanol–water partition coefficient (Wildman–Crippen LogP) is 2.88. The van der Waals surface area contributed by atoms with Gasteiger partial charge in [-0.25, -0.2) is 14.4 Å². The number of primary amides is 1. The maximum absolute atomic E-state index is 13.1. The standard InChI is InChI=1S/C30H38N4O8/c1-4-8-21(27(36)34-22(28(37)38)10-7-12-32-30(31)40)33-24(35)14-19-15(2)18-13-20-17-9-5-6-11-23(17)41-26(20)16(3)25(18)42-29(19)39/h13,21-22H,4-12,14H2,1-3H3,(H,33,35)(H,34,36)(H,37,38)(H3,31,32,40). The van der Waals surface area contributed by atoms with Crippen LogP contribution in [-0.4, -0.2) is 47.5 Å². The molecule has 42 heavy (non-hydrogen) atoms. The van der Waals surface area contributed by atoms with Crippen LogP contribution in [0.2, 0.25) is 0 Å². The number of furan rings is 1. The molecule has 1 aromatic carbocycles. The van der Waals surface area contributed by atoms with Crippen LogP contribution >= 0.6 is 0 Å². The number of carboxylic acids is 1. The Morgan fingerprint density at radius 1 is 0.976 bits per heavy atom. The molecular formula is C30H38N4O8. The molecule has 12 heteroatoms. The monoisotopic (exact) mass is 582 g/mol. The molecule has 0 spiro atoms. The summed E-state index contributed by atoms with van der Waals surface area (Å²) in [6, 6.07) is -0.966. The molecule has 1 aliphatic carbocycles. The number of aryl methyl sites for hydroxylation is 4. The van der Waals surface area contributed by atoms with Gasteiger partial charge in [-0.2, -0.15) is 0 Å². The first kappa shape index (κ1) is 30.6. The second-order valence-electron chi connectivity index (χ2n) is 10.9. The zero-order chi connectivity index (χ0) is 30.6. The number of hydrogen-bond donors (Lipinski definition) is 5. The van der Waals surface area contributed by atoms with Crippen LogP contribution in [0.5, 0.6) is 0 Å². The number of amides is 4. The van der Waals surface area contributed by atoms with Gasteiger partial charge in [0.25, 0.3) is 0 Å². The van der Waals surface area contributed by atoms with Gasteiger partial charge in [0.1, 0.15) is 29.0 Å². The van der Waals surface area contributed by atoms with E-state index in [9.17, 15) is 29.1 Å². The van der Waals surface area contributed by atoms with Crippen LogP contribution in [0.25, 0.3) is 21.9 Å². The summed E-state index contributed by atoms with van der Waals surface area (Å²) in [6.07, 6.45) is 4.78. The van der Waals surface area contributed by atoms with Gasteiger partial charge in [0, 0.05) is 34.9 Å². The van der Waals surface area contributed by atoms with Gasteiger partial charge in [-0.1, -0.05) is 13.3 Å². The second kappa shape index (κ2) is 13.1. The van der Waals surface area contributed by atoms with E-state index in [4.69, 9.17) is 14.6 Å². The summed E-state index contributed by atoms with van der Waals surface area (Å²) in [7, 11) is 0.